The number of aromatic nitrogens is 3. The van der Waals surface area contributed by atoms with Gasteiger partial charge in [-0.05, 0) is 42.8 Å². The number of nitrogens with zero attached hydrogens (tertiary/aromatic N) is 3. The number of pyridine rings is 1. The number of hydrogen-bond donors (Lipinski definition) is 1. The van der Waals surface area contributed by atoms with Crippen molar-refractivity contribution in [3.05, 3.63) is 65.0 Å². The van der Waals surface area contributed by atoms with Crippen LogP contribution in [0, 0.1) is 6.92 Å². The van der Waals surface area contributed by atoms with Crippen molar-refractivity contribution in [2.45, 2.75) is 6.92 Å². The molecule has 0 atom stereocenters. The minimum atomic E-state index is 0. The summed E-state index contributed by atoms with van der Waals surface area (Å²) in [6.45, 7) is 2.04. The van der Waals surface area contributed by atoms with Gasteiger partial charge >= 0.3 is 0 Å². The Morgan fingerprint density at radius 3 is 2.73 bits per heavy atom. The topological polar surface area (TPSA) is 50.7 Å². The van der Waals surface area contributed by atoms with Crippen LogP contribution in [0.1, 0.15) is 5.56 Å². The van der Waals surface area contributed by atoms with Gasteiger partial charge < -0.3 is 5.32 Å². The van der Waals surface area contributed by atoms with Crippen LogP contribution in [-0.2, 0) is 0 Å². The zero-order valence-electron chi connectivity index (χ0n) is 11.8. The van der Waals surface area contributed by atoms with Gasteiger partial charge in [0.05, 0.1) is 5.69 Å². The third kappa shape index (κ3) is 3.90. The number of anilines is 2. The van der Waals surface area contributed by atoms with Crippen LogP contribution in [0.5, 0.6) is 0 Å². The molecule has 0 bridgehead atoms. The number of aryl methyl sites for hydroxylation is 1. The molecular weight excluding hydrogens is 408 g/mol. The minimum Gasteiger partial charge on any atom is -0.324 e. The maximum absolute atomic E-state index is 4.53. The lowest BCUT2D eigenvalue weighted by Gasteiger charge is -2.09. The maximum Gasteiger partial charge on any atom is 0.227 e. The lowest BCUT2D eigenvalue weighted by atomic mass is 10.2. The molecule has 2 heterocycles. The standard InChI is InChI=1S/C16H13BrN4.BrH/c1-11-4-5-13(17)9-15(11)21-16-19-8-6-14(20-16)12-3-2-7-18-10-12;/h2-10H,1H3,(H,19,20,21);1H. The molecule has 22 heavy (non-hydrogen) atoms. The van der Waals surface area contributed by atoms with Gasteiger partial charge in [-0.2, -0.15) is 0 Å². The first-order valence-corrected chi connectivity index (χ1v) is 7.28. The van der Waals surface area contributed by atoms with Crippen molar-refractivity contribution >= 4 is 44.5 Å². The van der Waals surface area contributed by atoms with Crippen molar-refractivity contribution in [1.29, 1.82) is 0 Å². The molecule has 0 aliphatic heterocycles. The number of nitrogens with one attached hydrogen (secondary N) is 1. The molecule has 1 aromatic carbocycles. The largest absolute Gasteiger partial charge is 0.324 e. The maximum atomic E-state index is 4.53. The van der Waals surface area contributed by atoms with Crippen molar-refractivity contribution in [2.24, 2.45) is 0 Å². The van der Waals surface area contributed by atoms with E-state index in [0.717, 1.165) is 27.0 Å². The van der Waals surface area contributed by atoms with Gasteiger partial charge in [0.15, 0.2) is 0 Å². The predicted octanol–water partition coefficient (Wildman–Crippen LogP) is 4.93. The Morgan fingerprint density at radius 1 is 1.09 bits per heavy atom. The second kappa shape index (κ2) is 7.47. The highest BCUT2D eigenvalue weighted by atomic mass is 79.9. The molecule has 0 radical (unpaired) electrons. The molecule has 2 aromatic heterocycles. The minimum absolute atomic E-state index is 0. The van der Waals surface area contributed by atoms with E-state index in [1.54, 1.807) is 18.6 Å². The third-order valence-corrected chi connectivity index (χ3v) is 3.55. The first-order valence-electron chi connectivity index (χ1n) is 6.49. The van der Waals surface area contributed by atoms with E-state index < -0.39 is 0 Å². The summed E-state index contributed by atoms with van der Waals surface area (Å²) in [5, 5.41) is 3.25. The third-order valence-electron chi connectivity index (χ3n) is 3.06. The summed E-state index contributed by atoms with van der Waals surface area (Å²) in [7, 11) is 0. The number of halogens is 2. The summed E-state index contributed by atoms with van der Waals surface area (Å²) >= 11 is 3.47. The van der Waals surface area contributed by atoms with Crippen LogP contribution in [-0.4, -0.2) is 15.0 Å². The molecule has 0 amide bonds. The number of rotatable bonds is 3. The van der Waals surface area contributed by atoms with E-state index in [9.17, 15) is 0 Å². The second-order valence-electron chi connectivity index (χ2n) is 4.59. The molecule has 6 heteroatoms. The molecule has 4 nitrogen and oxygen atoms in total. The number of hydrogen-bond acceptors (Lipinski definition) is 4. The van der Waals surface area contributed by atoms with Crippen LogP contribution >= 0.6 is 32.9 Å². The van der Waals surface area contributed by atoms with E-state index >= 15 is 0 Å². The predicted molar refractivity (Wildman–Crippen MR) is 97.7 cm³/mol. The molecule has 3 aromatic rings. The van der Waals surface area contributed by atoms with Gasteiger partial charge in [-0.25, -0.2) is 9.97 Å². The summed E-state index contributed by atoms with van der Waals surface area (Å²) in [4.78, 5) is 12.9. The SMILES string of the molecule is Br.Cc1ccc(Br)cc1Nc1nccc(-c2cccnc2)n1. The summed E-state index contributed by atoms with van der Waals surface area (Å²) in [6, 6.07) is 11.8. The van der Waals surface area contributed by atoms with E-state index in [1.807, 2.05) is 43.3 Å². The summed E-state index contributed by atoms with van der Waals surface area (Å²) < 4.78 is 1.01. The van der Waals surface area contributed by atoms with Gasteiger partial charge in [-0.1, -0.05) is 22.0 Å². The Labute approximate surface area is 147 Å². The molecule has 0 saturated heterocycles. The normalized spacial score (nSPS) is 9.91. The van der Waals surface area contributed by atoms with Crippen LogP contribution in [0.25, 0.3) is 11.3 Å². The molecule has 3 rings (SSSR count). The molecule has 0 aliphatic carbocycles. The molecule has 0 fully saturated rings. The monoisotopic (exact) mass is 420 g/mol. The lowest BCUT2D eigenvalue weighted by molar-refractivity contribution is 1.16. The fraction of sp³-hybridized carbons (Fsp3) is 0.0625. The van der Waals surface area contributed by atoms with Crippen LogP contribution in [0.2, 0.25) is 0 Å². The average molecular weight is 422 g/mol. The zero-order chi connectivity index (χ0) is 14.7. The fourth-order valence-corrected chi connectivity index (χ4v) is 2.30. The van der Waals surface area contributed by atoms with Gasteiger partial charge in [-0.3, -0.25) is 4.98 Å². The van der Waals surface area contributed by atoms with Gasteiger partial charge in [-0.15, -0.1) is 17.0 Å². The Balaban J connectivity index is 0.00000176. The molecule has 112 valence electrons. The highest BCUT2D eigenvalue weighted by Gasteiger charge is 2.05. The van der Waals surface area contributed by atoms with Gasteiger partial charge in [0.25, 0.3) is 0 Å². The van der Waals surface area contributed by atoms with Crippen molar-refractivity contribution < 1.29 is 0 Å². The van der Waals surface area contributed by atoms with Gasteiger partial charge in [0, 0.05) is 34.3 Å². The van der Waals surface area contributed by atoms with Crippen molar-refractivity contribution in [1.82, 2.24) is 15.0 Å². The summed E-state index contributed by atoms with van der Waals surface area (Å²) in [6.07, 6.45) is 5.27. The molecule has 0 aliphatic rings. The van der Waals surface area contributed by atoms with Crippen molar-refractivity contribution in [2.75, 3.05) is 5.32 Å². The summed E-state index contributed by atoms with van der Waals surface area (Å²) in [5.41, 5.74) is 3.92. The Kier molecular flexibility index (Phi) is 5.63. The smallest absolute Gasteiger partial charge is 0.227 e. The van der Waals surface area contributed by atoms with Crippen LogP contribution in [0.3, 0.4) is 0 Å². The first-order chi connectivity index (χ1) is 10.2. The van der Waals surface area contributed by atoms with Gasteiger partial charge in [0.2, 0.25) is 5.95 Å². The molecule has 0 spiro atoms. The molecule has 0 unspecified atom stereocenters. The van der Waals surface area contributed by atoms with Crippen LogP contribution in [0.15, 0.2) is 59.5 Å². The Morgan fingerprint density at radius 2 is 1.95 bits per heavy atom. The highest BCUT2D eigenvalue weighted by Crippen LogP contribution is 2.24. The van der Waals surface area contributed by atoms with E-state index in [1.165, 1.54) is 0 Å². The quantitative estimate of drug-likeness (QED) is 0.651. The second-order valence-corrected chi connectivity index (χ2v) is 5.51. The average Bonchev–Trinajstić information content (AvgIpc) is 2.52. The van der Waals surface area contributed by atoms with Crippen molar-refractivity contribution in [3.63, 3.8) is 0 Å². The van der Waals surface area contributed by atoms with E-state index in [0.29, 0.717) is 5.95 Å². The van der Waals surface area contributed by atoms with Crippen molar-refractivity contribution in [3.8, 4) is 11.3 Å². The first kappa shape index (κ1) is 16.6. The Hall–Kier alpha value is -1.79. The van der Waals surface area contributed by atoms with E-state index in [2.05, 4.69) is 36.2 Å². The molecule has 0 saturated carbocycles. The summed E-state index contributed by atoms with van der Waals surface area (Å²) in [5.74, 6) is 0.567. The van der Waals surface area contributed by atoms with E-state index in [4.69, 9.17) is 0 Å². The lowest BCUT2D eigenvalue weighted by Crippen LogP contribution is -1.99. The zero-order valence-corrected chi connectivity index (χ0v) is 15.1. The van der Waals surface area contributed by atoms with Gasteiger partial charge in [0.1, 0.15) is 0 Å². The number of benzene rings is 1. The van der Waals surface area contributed by atoms with E-state index in [-0.39, 0.29) is 17.0 Å². The van der Waals surface area contributed by atoms with Crippen LogP contribution < -0.4 is 5.32 Å². The highest BCUT2D eigenvalue weighted by molar-refractivity contribution is 9.10. The molecular formula is C16H14Br2N4. The molecule has 1 N–H and O–H groups in total. The van der Waals surface area contributed by atoms with Crippen LogP contribution in [0.4, 0.5) is 11.6 Å². The fourth-order valence-electron chi connectivity index (χ4n) is 1.94. The Bertz CT molecular complexity index is 763.